The monoisotopic (exact) mass is 707 g/mol. The van der Waals surface area contributed by atoms with Gasteiger partial charge in [-0.3, -0.25) is 4.79 Å². The largest absolute Gasteiger partial charge is 0.394 e. The van der Waals surface area contributed by atoms with Crippen LogP contribution >= 0.6 is 0 Å². The number of ether oxygens (including phenoxy) is 7. The third-order valence-electron chi connectivity index (χ3n) is 8.61. The third kappa shape index (κ3) is 8.08. The molecule has 0 bridgehead atoms. The van der Waals surface area contributed by atoms with Gasteiger partial charge in [-0.1, -0.05) is 0 Å². The summed E-state index contributed by atoms with van der Waals surface area (Å²) in [6, 6.07) is -1.45. The van der Waals surface area contributed by atoms with Crippen LogP contribution in [0.15, 0.2) is 0 Å². The van der Waals surface area contributed by atoms with Gasteiger partial charge in [0.05, 0.1) is 26.4 Å². The van der Waals surface area contributed by atoms with E-state index in [1.807, 2.05) is 0 Å². The average Bonchev–Trinajstić information content (AvgIpc) is 3.06. The summed E-state index contributed by atoms with van der Waals surface area (Å²) in [6.45, 7) is -2.31. The van der Waals surface area contributed by atoms with Crippen LogP contribution < -0.4 is 5.32 Å². The minimum atomic E-state index is -2.03. The van der Waals surface area contributed by atoms with Crippen molar-refractivity contribution in [3.05, 3.63) is 0 Å². The Balaban J connectivity index is 1.46. The molecule has 4 fully saturated rings. The number of hydrogen-bond donors (Lipinski definition) is 14. The van der Waals surface area contributed by atoms with E-state index in [0.29, 0.717) is 0 Å². The Hall–Kier alpha value is -1.33. The first kappa shape index (κ1) is 39.5. The van der Waals surface area contributed by atoms with Crippen LogP contribution in [0.2, 0.25) is 0 Å². The van der Waals surface area contributed by atoms with E-state index in [4.69, 9.17) is 33.2 Å². The van der Waals surface area contributed by atoms with Crippen LogP contribution in [0.1, 0.15) is 6.92 Å². The van der Waals surface area contributed by atoms with Gasteiger partial charge < -0.3 is 105 Å². The van der Waals surface area contributed by atoms with Gasteiger partial charge in [0.15, 0.2) is 25.2 Å². The van der Waals surface area contributed by atoms with Gasteiger partial charge in [-0.2, -0.15) is 0 Å². The van der Waals surface area contributed by atoms with E-state index in [0.717, 1.165) is 6.92 Å². The molecule has 22 heteroatoms. The summed E-state index contributed by atoms with van der Waals surface area (Å²) in [5.74, 6) is -0.673. The SMILES string of the molecule is CC(=O)N[C@H]1[C@@H](O[C@H]2[C@H](O)[C@@H](O)[C@@H](O[C@H]3[C@H](O)[C@@H](O)[C@@H](O[C@H]4[C@H](O)[C@@H](O)C(O)O[C@@H]4CO)O[C@@H]3CO)O[C@@H]2CO)O[C@H](CO)[C@@H](O)[C@@H]1O. The molecule has 0 aliphatic carbocycles. The maximum absolute atomic E-state index is 11.8. The van der Waals surface area contributed by atoms with Gasteiger partial charge >= 0.3 is 0 Å². The van der Waals surface area contributed by atoms with E-state index < -0.39 is 155 Å². The molecule has 0 radical (unpaired) electrons. The van der Waals surface area contributed by atoms with Gasteiger partial charge in [-0.25, -0.2) is 0 Å². The molecular formula is C26H45NO21. The van der Waals surface area contributed by atoms with E-state index >= 15 is 0 Å². The zero-order valence-corrected chi connectivity index (χ0v) is 25.5. The van der Waals surface area contributed by atoms with E-state index in [1.165, 1.54) is 0 Å². The Morgan fingerprint density at radius 1 is 0.500 bits per heavy atom. The van der Waals surface area contributed by atoms with Crippen molar-refractivity contribution in [1.82, 2.24) is 5.32 Å². The van der Waals surface area contributed by atoms with Crippen LogP contribution in [0.5, 0.6) is 0 Å². The number of carbonyl (C=O) groups is 1. The maximum atomic E-state index is 11.8. The van der Waals surface area contributed by atoms with Crippen molar-refractivity contribution < 1.29 is 104 Å². The predicted molar refractivity (Wildman–Crippen MR) is 145 cm³/mol. The fourth-order valence-corrected chi connectivity index (χ4v) is 5.95. The summed E-state index contributed by atoms with van der Waals surface area (Å²) < 4.78 is 38.3. The summed E-state index contributed by atoms with van der Waals surface area (Å²) in [5, 5.41) is 136. The van der Waals surface area contributed by atoms with Gasteiger partial charge in [0.1, 0.15) is 97.6 Å². The number of aliphatic hydroxyl groups is 13. The molecule has 1 amide bonds. The summed E-state index contributed by atoms with van der Waals surface area (Å²) >= 11 is 0. The van der Waals surface area contributed by atoms with E-state index in [1.54, 1.807) is 0 Å². The summed E-state index contributed by atoms with van der Waals surface area (Å²) in [7, 11) is 0. The van der Waals surface area contributed by atoms with E-state index in [-0.39, 0.29) is 0 Å². The zero-order chi connectivity index (χ0) is 35.6. The van der Waals surface area contributed by atoms with Crippen LogP contribution in [-0.2, 0) is 38.0 Å². The van der Waals surface area contributed by atoms with Crippen LogP contribution in [0.4, 0.5) is 0 Å². The van der Waals surface area contributed by atoms with Crippen molar-refractivity contribution in [2.24, 2.45) is 0 Å². The Bertz CT molecular complexity index is 1020. The lowest BCUT2D eigenvalue weighted by atomic mass is 9.95. The number of aliphatic hydroxyl groups excluding tert-OH is 13. The highest BCUT2D eigenvalue weighted by Gasteiger charge is 2.55. The fraction of sp³-hybridized carbons (Fsp3) is 0.962. The van der Waals surface area contributed by atoms with Gasteiger partial charge in [-0.15, -0.1) is 0 Å². The van der Waals surface area contributed by atoms with Crippen LogP contribution in [0.25, 0.3) is 0 Å². The Morgan fingerprint density at radius 2 is 0.875 bits per heavy atom. The quantitative estimate of drug-likeness (QED) is 0.0947. The highest BCUT2D eigenvalue weighted by atomic mass is 16.8. The second kappa shape index (κ2) is 16.8. The minimum Gasteiger partial charge on any atom is -0.394 e. The molecule has 48 heavy (non-hydrogen) atoms. The number of nitrogens with one attached hydrogen (secondary N) is 1. The molecule has 4 rings (SSSR count). The minimum absolute atomic E-state index is 0.673. The molecule has 4 aliphatic heterocycles. The average molecular weight is 708 g/mol. The molecule has 0 spiro atoms. The number of hydrogen-bond acceptors (Lipinski definition) is 21. The fourth-order valence-electron chi connectivity index (χ4n) is 5.95. The molecule has 4 aliphatic rings. The van der Waals surface area contributed by atoms with Crippen molar-refractivity contribution in [2.75, 3.05) is 26.4 Å². The normalized spacial score (nSPS) is 50.2. The van der Waals surface area contributed by atoms with Crippen molar-refractivity contribution in [3.8, 4) is 0 Å². The lowest BCUT2D eigenvalue weighted by Crippen LogP contribution is -2.68. The molecule has 4 saturated heterocycles. The molecule has 0 aromatic rings. The first-order chi connectivity index (χ1) is 22.7. The van der Waals surface area contributed by atoms with Gasteiger partial charge in [0, 0.05) is 6.92 Å². The molecule has 20 atom stereocenters. The highest BCUT2D eigenvalue weighted by Crippen LogP contribution is 2.34. The summed E-state index contributed by atoms with van der Waals surface area (Å²) in [6.07, 6.45) is -33.3. The topological polar surface area (TPSA) is 357 Å². The summed E-state index contributed by atoms with van der Waals surface area (Å²) in [5.41, 5.74) is 0. The van der Waals surface area contributed by atoms with Gasteiger partial charge in [0.25, 0.3) is 0 Å². The zero-order valence-electron chi connectivity index (χ0n) is 25.5. The molecule has 22 nitrogen and oxygen atoms in total. The van der Waals surface area contributed by atoms with Crippen molar-refractivity contribution >= 4 is 5.91 Å². The number of rotatable bonds is 11. The van der Waals surface area contributed by atoms with Crippen LogP contribution in [0, 0.1) is 0 Å². The van der Waals surface area contributed by atoms with Gasteiger partial charge in [-0.05, 0) is 0 Å². The molecule has 1 unspecified atom stereocenters. The van der Waals surface area contributed by atoms with Crippen molar-refractivity contribution in [2.45, 2.75) is 130 Å². The van der Waals surface area contributed by atoms with Crippen LogP contribution in [-0.4, -0.2) is 221 Å². The predicted octanol–water partition coefficient (Wildman–Crippen LogP) is -9.61. The first-order valence-electron chi connectivity index (χ1n) is 15.1. The highest BCUT2D eigenvalue weighted by molar-refractivity contribution is 5.73. The molecular weight excluding hydrogens is 662 g/mol. The number of carbonyl (C=O) groups excluding carboxylic acids is 1. The molecule has 0 aromatic carbocycles. The number of amides is 1. The standard InChI is InChI=1S/C26H45NO21/c1-6(32)27-11-13(34)12(33)7(2-28)43-24(11)46-21-9(4-30)44-26(18(39)15(21)36)48-22-10(5-31)45-25(19(40)16(22)37)47-20-8(3-29)42-23(41)17(38)14(20)35/h7-26,28-31,33-41H,2-5H2,1H3,(H,27,32)/t7-,8-,9-,10-,11-,12-,13-,14-,15-,16-,17-,18-,19-,20-,21-,22-,23?,24-,25-,26-/m1/s1. The Kier molecular flexibility index (Phi) is 13.8. The smallest absolute Gasteiger partial charge is 0.217 e. The second-order valence-electron chi connectivity index (χ2n) is 11.9. The molecule has 4 heterocycles. The molecule has 280 valence electrons. The maximum Gasteiger partial charge on any atom is 0.217 e. The summed E-state index contributed by atoms with van der Waals surface area (Å²) in [4.78, 5) is 11.8. The molecule has 0 saturated carbocycles. The molecule has 14 N–H and O–H groups in total. The third-order valence-corrected chi connectivity index (χ3v) is 8.61. The van der Waals surface area contributed by atoms with Crippen molar-refractivity contribution in [3.63, 3.8) is 0 Å². The Labute approximate surface area is 272 Å². The lowest BCUT2D eigenvalue weighted by Gasteiger charge is -2.49. The lowest BCUT2D eigenvalue weighted by molar-refractivity contribution is -0.384. The Morgan fingerprint density at radius 3 is 1.29 bits per heavy atom. The van der Waals surface area contributed by atoms with Gasteiger partial charge in [0.2, 0.25) is 5.91 Å². The second-order valence-corrected chi connectivity index (χ2v) is 11.9. The van der Waals surface area contributed by atoms with Crippen LogP contribution in [0.3, 0.4) is 0 Å². The van der Waals surface area contributed by atoms with E-state index in [2.05, 4.69) is 5.32 Å². The van der Waals surface area contributed by atoms with E-state index in [9.17, 15) is 71.2 Å². The van der Waals surface area contributed by atoms with Crippen molar-refractivity contribution in [1.29, 1.82) is 0 Å². The first-order valence-corrected chi connectivity index (χ1v) is 15.1. The molecule has 0 aromatic heterocycles.